The van der Waals surface area contributed by atoms with Crippen molar-refractivity contribution in [2.75, 3.05) is 13.1 Å². The van der Waals surface area contributed by atoms with Crippen LogP contribution in [0.15, 0.2) is 5.16 Å². The van der Waals surface area contributed by atoms with Crippen molar-refractivity contribution in [1.82, 2.24) is 4.90 Å². The minimum Gasteiger partial charge on any atom is -0.409 e. The van der Waals surface area contributed by atoms with E-state index in [9.17, 15) is 9.59 Å². The van der Waals surface area contributed by atoms with Gasteiger partial charge in [-0.1, -0.05) is 32.3 Å². The van der Waals surface area contributed by atoms with Crippen LogP contribution in [0, 0.1) is 5.41 Å². The number of amidine groups is 1. The lowest BCUT2D eigenvalue weighted by Crippen LogP contribution is -2.53. The summed E-state index contributed by atoms with van der Waals surface area (Å²) in [6.07, 6.45) is 2.43. The van der Waals surface area contributed by atoms with E-state index in [4.69, 9.17) is 16.7 Å². The van der Waals surface area contributed by atoms with E-state index in [2.05, 4.69) is 5.16 Å². The lowest BCUT2D eigenvalue weighted by atomic mass is 9.79. The van der Waals surface area contributed by atoms with Crippen LogP contribution in [0.5, 0.6) is 0 Å². The van der Waals surface area contributed by atoms with Crippen LogP contribution in [0.25, 0.3) is 0 Å². The van der Waals surface area contributed by atoms with Crippen molar-refractivity contribution in [1.29, 1.82) is 0 Å². The first kappa shape index (κ1) is 18.2. The highest BCUT2D eigenvalue weighted by atomic mass is 16.4. The fourth-order valence-electron chi connectivity index (χ4n) is 2.21. The van der Waals surface area contributed by atoms with Gasteiger partial charge in [0.05, 0.1) is 6.54 Å². The Morgan fingerprint density at radius 2 is 1.75 bits per heavy atom. The summed E-state index contributed by atoms with van der Waals surface area (Å²) in [5, 5.41) is 11.9. The van der Waals surface area contributed by atoms with Crippen molar-refractivity contribution in [2.45, 2.75) is 46.5 Å². The van der Waals surface area contributed by atoms with E-state index in [-0.39, 0.29) is 18.3 Å². The normalized spacial score (nSPS) is 12.2. The van der Waals surface area contributed by atoms with Crippen LogP contribution >= 0.6 is 0 Å². The topological polar surface area (TPSA) is 122 Å². The summed E-state index contributed by atoms with van der Waals surface area (Å²) in [6, 6.07) is 0. The van der Waals surface area contributed by atoms with Gasteiger partial charge in [-0.3, -0.25) is 9.59 Å². The van der Waals surface area contributed by atoms with E-state index < -0.39 is 11.3 Å². The summed E-state index contributed by atoms with van der Waals surface area (Å²) in [5.41, 5.74) is 9.82. The van der Waals surface area contributed by atoms with Crippen molar-refractivity contribution in [3.8, 4) is 0 Å². The Bertz CT molecular complexity index is 365. The molecule has 0 rings (SSSR count). The summed E-state index contributed by atoms with van der Waals surface area (Å²) in [5.74, 6) is -1.02. The lowest BCUT2D eigenvalue weighted by Gasteiger charge is -2.34. The third-order valence-corrected chi connectivity index (χ3v) is 3.63. The summed E-state index contributed by atoms with van der Waals surface area (Å²) >= 11 is 0. The number of nitrogens with zero attached hydrogens (tertiary/aromatic N) is 2. The molecule has 0 spiro atoms. The maximum absolute atomic E-state index is 12.7. The minimum atomic E-state index is -1.09. The number of nitrogens with two attached hydrogens (primary N) is 2. The zero-order chi connectivity index (χ0) is 15.8. The molecule has 0 bridgehead atoms. The molecule has 20 heavy (non-hydrogen) atoms. The van der Waals surface area contributed by atoms with Gasteiger partial charge in [0.2, 0.25) is 11.8 Å². The quantitative estimate of drug-likeness (QED) is 0.249. The number of carbonyl (C=O) groups is 2. The Morgan fingerprint density at radius 3 is 2.10 bits per heavy atom. The van der Waals surface area contributed by atoms with Gasteiger partial charge in [0.1, 0.15) is 5.41 Å². The molecule has 0 aliphatic carbocycles. The summed E-state index contributed by atoms with van der Waals surface area (Å²) in [6.45, 7) is 5.85. The van der Waals surface area contributed by atoms with Gasteiger partial charge in [0.25, 0.3) is 0 Å². The van der Waals surface area contributed by atoms with E-state index >= 15 is 0 Å². The third kappa shape index (κ3) is 4.11. The predicted molar refractivity (Wildman–Crippen MR) is 77.1 cm³/mol. The van der Waals surface area contributed by atoms with Crippen LogP contribution in [0.2, 0.25) is 0 Å². The van der Waals surface area contributed by atoms with Crippen LogP contribution in [0.3, 0.4) is 0 Å². The molecule has 7 nitrogen and oxygen atoms in total. The van der Waals surface area contributed by atoms with Crippen molar-refractivity contribution in [3.05, 3.63) is 0 Å². The second-order valence-corrected chi connectivity index (χ2v) is 4.82. The van der Waals surface area contributed by atoms with E-state index in [1.54, 1.807) is 13.8 Å². The summed E-state index contributed by atoms with van der Waals surface area (Å²) in [4.78, 5) is 25.3. The summed E-state index contributed by atoms with van der Waals surface area (Å²) in [7, 11) is 0. The van der Waals surface area contributed by atoms with Crippen LogP contribution in [0.4, 0.5) is 0 Å². The van der Waals surface area contributed by atoms with Crippen LogP contribution in [0.1, 0.15) is 46.5 Å². The lowest BCUT2D eigenvalue weighted by molar-refractivity contribution is -0.141. The summed E-state index contributed by atoms with van der Waals surface area (Å²) < 4.78 is 0. The van der Waals surface area contributed by atoms with Crippen molar-refractivity contribution in [3.63, 3.8) is 0 Å². The predicted octanol–water partition coefficient (Wildman–Crippen LogP) is 0.653. The first-order chi connectivity index (χ1) is 9.39. The van der Waals surface area contributed by atoms with E-state index in [1.807, 2.05) is 6.92 Å². The van der Waals surface area contributed by atoms with Crippen LogP contribution < -0.4 is 11.5 Å². The molecule has 0 saturated carbocycles. The Morgan fingerprint density at radius 1 is 1.20 bits per heavy atom. The first-order valence-corrected chi connectivity index (χ1v) is 6.95. The molecule has 0 fully saturated rings. The number of unbranched alkanes of at least 4 members (excludes halogenated alkanes) is 1. The zero-order valence-corrected chi connectivity index (χ0v) is 12.6. The van der Waals surface area contributed by atoms with Gasteiger partial charge >= 0.3 is 0 Å². The van der Waals surface area contributed by atoms with Gasteiger partial charge in [-0.15, -0.1) is 0 Å². The molecule has 0 atom stereocenters. The number of primary amides is 1. The maximum atomic E-state index is 12.7. The van der Waals surface area contributed by atoms with Gasteiger partial charge < -0.3 is 21.6 Å². The van der Waals surface area contributed by atoms with E-state index in [0.717, 1.165) is 12.8 Å². The van der Waals surface area contributed by atoms with Gasteiger partial charge in [-0.25, -0.2) is 0 Å². The molecule has 0 aromatic carbocycles. The molecule has 5 N–H and O–H groups in total. The smallest absolute Gasteiger partial charge is 0.237 e. The molecular formula is C13H26N4O3. The molecule has 0 aromatic rings. The van der Waals surface area contributed by atoms with Gasteiger partial charge in [-0.05, 0) is 19.3 Å². The Labute approximate surface area is 120 Å². The Hall–Kier alpha value is -1.79. The fourth-order valence-corrected chi connectivity index (χ4v) is 2.21. The number of hydrogen-bond donors (Lipinski definition) is 3. The number of carbonyl (C=O) groups excluding carboxylic acids is 2. The minimum absolute atomic E-state index is 0.126. The molecule has 0 aliphatic rings. The molecule has 0 radical (unpaired) electrons. The standard InChI is InChI=1S/C13H26N4O3/c1-4-7-8-17(9-10(14)18)12(19)13(5-2,6-3)11(15)16-20/h20H,4-9H2,1-3H3,(H2,14,18)(H2,15,16). The van der Waals surface area contributed by atoms with Crippen LogP contribution in [-0.2, 0) is 9.59 Å². The van der Waals surface area contributed by atoms with Crippen LogP contribution in [-0.4, -0.2) is 40.8 Å². The second-order valence-electron chi connectivity index (χ2n) is 4.82. The molecule has 0 saturated heterocycles. The van der Waals surface area contributed by atoms with E-state index in [0.29, 0.717) is 19.4 Å². The Balaban J connectivity index is 5.39. The highest BCUT2D eigenvalue weighted by molar-refractivity contribution is 6.07. The second kappa shape index (κ2) is 8.39. The van der Waals surface area contributed by atoms with Gasteiger partial charge in [0.15, 0.2) is 5.84 Å². The van der Waals surface area contributed by atoms with Crippen molar-refractivity contribution >= 4 is 17.6 Å². The van der Waals surface area contributed by atoms with Gasteiger partial charge in [-0.2, -0.15) is 0 Å². The first-order valence-electron chi connectivity index (χ1n) is 6.95. The molecule has 7 heteroatoms. The fraction of sp³-hybridized carbons (Fsp3) is 0.769. The highest BCUT2D eigenvalue weighted by Gasteiger charge is 2.42. The van der Waals surface area contributed by atoms with Crippen molar-refractivity contribution < 1.29 is 14.8 Å². The molecular weight excluding hydrogens is 260 g/mol. The highest BCUT2D eigenvalue weighted by Crippen LogP contribution is 2.29. The van der Waals surface area contributed by atoms with Gasteiger partial charge in [0, 0.05) is 6.54 Å². The average Bonchev–Trinajstić information content (AvgIpc) is 2.44. The molecule has 0 aromatic heterocycles. The monoisotopic (exact) mass is 286 g/mol. The largest absolute Gasteiger partial charge is 0.409 e. The number of hydrogen-bond acceptors (Lipinski definition) is 4. The van der Waals surface area contributed by atoms with E-state index in [1.165, 1.54) is 4.90 Å². The van der Waals surface area contributed by atoms with Crippen molar-refractivity contribution in [2.24, 2.45) is 22.0 Å². The molecule has 116 valence electrons. The molecule has 0 aliphatic heterocycles. The molecule has 2 amide bonds. The number of oxime groups is 1. The Kier molecular flexibility index (Phi) is 7.64. The molecule has 0 unspecified atom stereocenters. The average molecular weight is 286 g/mol. The SMILES string of the molecule is CCCCN(CC(N)=O)C(=O)C(CC)(CC)C(N)=NO. The number of amides is 2. The number of rotatable bonds is 9. The molecule has 0 heterocycles. The third-order valence-electron chi connectivity index (χ3n) is 3.63. The zero-order valence-electron chi connectivity index (χ0n) is 12.6. The maximum Gasteiger partial charge on any atom is 0.237 e.